The highest BCUT2D eigenvalue weighted by Crippen LogP contribution is 2.42. The fourth-order valence-corrected chi connectivity index (χ4v) is 3.82. The number of halogens is 1. The molecule has 0 unspecified atom stereocenters. The van der Waals surface area contributed by atoms with Crippen LogP contribution in [0.1, 0.15) is 35.2 Å². The molecule has 142 valence electrons. The van der Waals surface area contributed by atoms with Gasteiger partial charge in [0.2, 0.25) is 5.91 Å². The first-order chi connectivity index (χ1) is 12.0. The molecule has 1 saturated carbocycles. The van der Waals surface area contributed by atoms with Crippen LogP contribution in [0.15, 0.2) is 0 Å². The van der Waals surface area contributed by atoms with Gasteiger partial charge in [-0.15, -0.1) is 12.4 Å². The van der Waals surface area contributed by atoms with Crippen LogP contribution in [0.5, 0.6) is 0 Å². The molecule has 6 nitrogen and oxygen atoms in total. The number of anilines is 1. The van der Waals surface area contributed by atoms with E-state index in [1.54, 1.807) is 0 Å². The van der Waals surface area contributed by atoms with Crippen molar-refractivity contribution in [1.29, 1.82) is 5.26 Å². The zero-order valence-corrected chi connectivity index (χ0v) is 16.7. The zero-order valence-electron chi connectivity index (χ0n) is 15.8. The lowest BCUT2D eigenvalue weighted by molar-refractivity contribution is -0.125. The maximum atomic E-state index is 12.0. The van der Waals surface area contributed by atoms with Crippen molar-refractivity contribution in [3.8, 4) is 6.07 Å². The summed E-state index contributed by atoms with van der Waals surface area (Å²) in [5, 5.41) is 12.8. The Kier molecular flexibility index (Phi) is 6.48. The lowest BCUT2D eigenvalue weighted by Crippen LogP contribution is -2.42. The van der Waals surface area contributed by atoms with E-state index in [1.807, 2.05) is 20.8 Å². The van der Waals surface area contributed by atoms with Crippen LogP contribution >= 0.6 is 12.4 Å². The number of aryl methyl sites for hydroxylation is 1. The van der Waals surface area contributed by atoms with Crippen LogP contribution in [-0.4, -0.2) is 43.7 Å². The molecule has 26 heavy (non-hydrogen) atoms. The van der Waals surface area contributed by atoms with Gasteiger partial charge in [0.1, 0.15) is 18.5 Å². The summed E-state index contributed by atoms with van der Waals surface area (Å²) in [5.74, 6) is 1.76. The molecule has 0 bridgehead atoms. The first kappa shape index (κ1) is 20.5. The number of carbonyl (C=O) groups is 1. The molecule has 1 aromatic heterocycles. The molecule has 2 heterocycles. The van der Waals surface area contributed by atoms with E-state index in [1.165, 1.54) is 20.0 Å². The van der Waals surface area contributed by atoms with Crippen molar-refractivity contribution in [3.63, 3.8) is 0 Å². The number of ether oxygens (including phenoxy) is 1. The van der Waals surface area contributed by atoms with E-state index in [-0.39, 0.29) is 31.0 Å². The van der Waals surface area contributed by atoms with Gasteiger partial charge in [0.25, 0.3) is 0 Å². The number of nitrogens with zero attached hydrogens (tertiary/aromatic N) is 3. The van der Waals surface area contributed by atoms with E-state index in [4.69, 9.17) is 9.72 Å². The van der Waals surface area contributed by atoms with Crippen molar-refractivity contribution in [2.45, 2.75) is 39.7 Å². The summed E-state index contributed by atoms with van der Waals surface area (Å²) in [6.45, 7) is 7.59. The quantitative estimate of drug-likeness (QED) is 0.850. The van der Waals surface area contributed by atoms with Gasteiger partial charge < -0.3 is 15.0 Å². The summed E-state index contributed by atoms with van der Waals surface area (Å²) in [5.41, 5.74) is 3.69. The Hall–Kier alpha value is -1.84. The van der Waals surface area contributed by atoms with Crippen molar-refractivity contribution in [3.05, 3.63) is 22.4 Å². The van der Waals surface area contributed by atoms with Crippen molar-refractivity contribution in [2.75, 3.05) is 31.7 Å². The molecular formula is C19H27ClN4O2. The molecule has 2 atom stereocenters. The highest BCUT2D eigenvalue weighted by Gasteiger charge is 2.44. The van der Waals surface area contributed by atoms with Crippen LogP contribution in [0.2, 0.25) is 0 Å². The topological polar surface area (TPSA) is 78.2 Å². The Morgan fingerprint density at radius 3 is 2.58 bits per heavy atom. The standard InChI is InChI=1S/C19H26N4O2.ClH/c1-11-12(2)15(7-20)19(21-13(11)3)23-8-16(14-5-6-14)17(9-23)22-18(24)10-25-4;/h14,16-17H,5-6,8-10H2,1-4H3,(H,22,24);1H/t16-,17+;/m1./s1. The van der Waals surface area contributed by atoms with E-state index in [2.05, 4.69) is 16.3 Å². The number of hydrogen-bond acceptors (Lipinski definition) is 5. The van der Waals surface area contributed by atoms with Gasteiger partial charge in [0, 0.05) is 31.8 Å². The largest absolute Gasteiger partial charge is 0.375 e. The van der Waals surface area contributed by atoms with Gasteiger partial charge in [0.05, 0.1) is 11.6 Å². The monoisotopic (exact) mass is 378 g/mol. The number of aromatic nitrogens is 1. The SMILES string of the molecule is COCC(=O)N[C@H]1CN(c2nc(C)c(C)c(C)c2C#N)C[C@@H]1C1CC1.Cl. The Morgan fingerprint density at radius 2 is 2.00 bits per heavy atom. The van der Waals surface area contributed by atoms with Gasteiger partial charge in [-0.25, -0.2) is 4.98 Å². The summed E-state index contributed by atoms with van der Waals surface area (Å²) in [6.07, 6.45) is 2.44. The fraction of sp³-hybridized carbons (Fsp3) is 0.632. The number of rotatable bonds is 5. The minimum atomic E-state index is -0.0790. The highest BCUT2D eigenvalue weighted by molar-refractivity contribution is 5.85. The van der Waals surface area contributed by atoms with Crippen LogP contribution in [0.25, 0.3) is 0 Å². The zero-order chi connectivity index (χ0) is 18.1. The third-order valence-electron chi connectivity index (χ3n) is 5.60. The van der Waals surface area contributed by atoms with Crippen molar-refractivity contribution < 1.29 is 9.53 Å². The molecule has 2 fully saturated rings. The predicted molar refractivity (Wildman–Crippen MR) is 103 cm³/mol. The van der Waals surface area contributed by atoms with Crippen LogP contribution in [0.3, 0.4) is 0 Å². The Labute approximate surface area is 161 Å². The molecule has 0 aromatic carbocycles. The minimum Gasteiger partial charge on any atom is -0.375 e. The number of nitrogens with one attached hydrogen (secondary N) is 1. The van der Waals surface area contributed by atoms with E-state index in [9.17, 15) is 10.1 Å². The summed E-state index contributed by atoms with van der Waals surface area (Å²) in [7, 11) is 1.53. The van der Waals surface area contributed by atoms with Gasteiger partial charge in [0.15, 0.2) is 0 Å². The van der Waals surface area contributed by atoms with Gasteiger partial charge in [-0.05, 0) is 50.7 Å². The third-order valence-corrected chi connectivity index (χ3v) is 5.60. The molecule has 1 aliphatic heterocycles. The summed E-state index contributed by atoms with van der Waals surface area (Å²) in [6, 6.07) is 2.42. The number of nitriles is 1. The second kappa shape index (κ2) is 8.24. The summed E-state index contributed by atoms with van der Waals surface area (Å²) < 4.78 is 4.94. The molecule has 0 spiro atoms. The number of carbonyl (C=O) groups excluding carboxylic acids is 1. The van der Waals surface area contributed by atoms with Crippen molar-refractivity contribution in [1.82, 2.24) is 10.3 Å². The third kappa shape index (κ3) is 3.94. The van der Waals surface area contributed by atoms with E-state index in [0.717, 1.165) is 29.2 Å². The Morgan fingerprint density at radius 1 is 1.31 bits per heavy atom. The minimum absolute atomic E-state index is 0. The maximum Gasteiger partial charge on any atom is 0.246 e. The summed E-state index contributed by atoms with van der Waals surface area (Å²) in [4.78, 5) is 18.9. The van der Waals surface area contributed by atoms with Crippen LogP contribution in [0, 0.1) is 43.9 Å². The van der Waals surface area contributed by atoms with Crippen LogP contribution in [0.4, 0.5) is 5.82 Å². The average Bonchev–Trinajstić information content (AvgIpc) is 3.34. The van der Waals surface area contributed by atoms with Gasteiger partial charge >= 0.3 is 0 Å². The van der Waals surface area contributed by atoms with Crippen LogP contribution in [-0.2, 0) is 9.53 Å². The Bertz CT molecular complexity index is 727. The van der Waals surface area contributed by atoms with E-state index < -0.39 is 0 Å². The lowest BCUT2D eigenvalue weighted by Gasteiger charge is -2.21. The van der Waals surface area contributed by atoms with Crippen molar-refractivity contribution >= 4 is 24.1 Å². The molecule has 3 rings (SSSR count). The molecule has 1 N–H and O–H groups in total. The molecule has 0 radical (unpaired) electrons. The van der Waals surface area contributed by atoms with Gasteiger partial charge in [-0.2, -0.15) is 5.26 Å². The van der Waals surface area contributed by atoms with Gasteiger partial charge in [-0.3, -0.25) is 4.79 Å². The molecule has 1 aromatic rings. The summed E-state index contributed by atoms with van der Waals surface area (Å²) >= 11 is 0. The molecule has 1 amide bonds. The van der Waals surface area contributed by atoms with E-state index >= 15 is 0 Å². The second-order valence-electron chi connectivity index (χ2n) is 7.27. The normalized spacial score (nSPS) is 21.9. The molecular weight excluding hydrogens is 352 g/mol. The first-order valence-corrected chi connectivity index (χ1v) is 8.87. The highest BCUT2D eigenvalue weighted by atomic mass is 35.5. The molecule has 7 heteroatoms. The smallest absolute Gasteiger partial charge is 0.246 e. The first-order valence-electron chi connectivity index (χ1n) is 8.87. The fourth-order valence-electron chi connectivity index (χ4n) is 3.82. The lowest BCUT2D eigenvalue weighted by atomic mass is 9.98. The number of methoxy groups -OCH3 is 1. The van der Waals surface area contributed by atoms with Gasteiger partial charge in [-0.1, -0.05) is 0 Å². The number of amides is 1. The predicted octanol–water partition coefficient (Wildman–Crippen LogP) is 2.28. The molecule has 1 saturated heterocycles. The Balaban J connectivity index is 0.00000243. The van der Waals surface area contributed by atoms with E-state index in [0.29, 0.717) is 23.9 Å². The number of hydrogen-bond donors (Lipinski definition) is 1. The van der Waals surface area contributed by atoms with Crippen LogP contribution < -0.4 is 10.2 Å². The number of pyridine rings is 1. The second-order valence-corrected chi connectivity index (χ2v) is 7.27. The molecule has 1 aliphatic carbocycles. The maximum absolute atomic E-state index is 12.0. The molecule has 2 aliphatic rings. The van der Waals surface area contributed by atoms with Crippen molar-refractivity contribution in [2.24, 2.45) is 11.8 Å². The average molecular weight is 379 g/mol.